The first kappa shape index (κ1) is 13.3. The van der Waals surface area contributed by atoms with Crippen LogP contribution in [-0.2, 0) is 0 Å². The van der Waals surface area contributed by atoms with Crippen molar-refractivity contribution in [3.05, 3.63) is 42.0 Å². The third-order valence-electron chi connectivity index (χ3n) is 4.03. The van der Waals surface area contributed by atoms with Crippen LogP contribution in [0.2, 0.25) is 0 Å². The highest BCUT2D eigenvalue weighted by molar-refractivity contribution is 7.17. The van der Waals surface area contributed by atoms with Crippen molar-refractivity contribution in [1.82, 2.24) is 9.97 Å². The minimum atomic E-state index is 0.346. The van der Waals surface area contributed by atoms with Crippen molar-refractivity contribution in [2.24, 2.45) is 0 Å². The Balaban J connectivity index is 1.55. The summed E-state index contributed by atoms with van der Waals surface area (Å²) < 4.78 is 1.15. The molecule has 0 spiro atoms. The van der Waals surface area contributed by atoms with Gasteiger partial charge in [-0.15, -0.1) is 11.3 Å². The van der Waals surface area contributed by atoms with E-state index in [2.05, 4.69) is 25.1 Å². The van der Waals surface area contributed by atoms with Crippen molar-refractivity contribution >= 4 is 33.1 Å². The second-order valence-electron chi connectivity index (χ2n) is 5.30. The summed E-state index contributed by atoms with van der Waals surface area (Å²) in [6.07, 6.45) is 1.64. The summed E-state index contributed by atoms with van der Waals surface area (Å²) in [7, 11) is 0. The number of benzene rings is 1. The Morgan fingerprint density at radius 2 is 1.73 bits per heavy atom. The summed E-state index contributed by atoms with van der Waals surface area (Å²) in [6, 6.07) is 9.54. The van der Waals surface area contributed by atoms with E-state index in [1.165, 1.54) is 0 Å². The average molecular weight is 312 g/mol. The lowest BCUT2D eigenvalue weighted by Gasteiger charge is -2.37. The fraction of sp³-hybridized carbons (Fsp3) is 0.250. The fourth-order valence-electron chi connectivity index (χ4n) is 2.89. The van der Waals surface area contributed by atoms with Crippen LogP contribution in [0.3, 0.4) is 0 Å². The summed E-state index contributed by atoms with van der Waals surface area (Å²) in [5.41, 5.74) is 1.92. The average Bonchev–Trinajstić information content (AvgIpc) is 3.04. The van der Waals surface area contributed by atoms with Gasteiger partial charge in [0.05, 0.1) is 15.9 Å². The number of hydrogen-bond donors (Lipinski definition) is 1. The lowest BCUT2D eigenvalue weighted by Crippen LogP contribution is -2.46. The van der Waals surface area contributed by atoms with Gasteiger partial charge in [-0.25, -0.2) is 9.97 Å². The number of hydrogen-bond acceptors (Lipinski definition) is 6. The maximum absolute atomic E-state index is 9.99. The second kappa shape index (κ2) is 5.46. The van der Waals surface area contributed by atoms with E-state index in [-0.39, 0.29) is 0 Å². The Hall–Kier alpha value is -2.34. The zero-order valence-corrected chi connectivity index (χ0v) is 12.8. The van der Waals surface area contributed by atoms with Crippen LogP contribution in [0.15, 0.2) is 42.0 Å². The molecule has 3 heterocycles. The molecule has 1 N–H and O–H groups in total. The molecular formula is C16H16N4OS. The molecule has 0 unspecified atom stereocenters. The summed E-state index contributed by atoms with van der Waals surface area (Å²) in [4.78, 5) is 13.3. The van der Waals surface area contributed by atoms with Crippen LogP contribution in [0.1, 0.15) is 0 Å². The largest absolute Gasteiger partial charge is 0.506 e. The molecule has 0 aliphatic carbocycles. The molecule has 2 aromatic heterocycles. The normalized spacial score (nSPS) is 15.5. The van der Waals surface area contributed by atoms with E-state index in [9.17, 15) is 5.11 Å². The number of nitrogens with zero attached hydrogens (tertiary/aromatic N) is 4. The molecule has 0 amide bonds. The Kier molecular flexibility index (Phi) is 3.31. The van der Waals surface area contributed by atoms with Gasteiger partial charge in [0, 0.05) is 26.2 Å². The lowest BCUT2D eigenvalue weighted by atomic mass is 10.2. The molecule has 1 saturated heterocycles. The molecule has 6 heteroatoms. The Labute approximate surface area is 132 Å². The molecule has 22 heavy (non-hydrogen) atoms. The molecule has 1 aliphatic rings. The standard InChI is InChI=1S/C16H16N4OS/c21-14-4-2-1-3-13(14)19-6-8-20(9-7-19)16-15-12(5-10-22-15)17-11-18-16/h1-5,10-11,21H,6-9H2. The first-order valence-electron chi connectivity index (χ1n) is 7.29. The van der Waals surface area contributed by atoms with Crippen LogP contribution in [0.4, 0.5) is 11.5 Å². The Morgan fingerprint density at radius 3 is 2.55 bits per heavy atom. The van der Waals surface area contributed by atoms with Crippen LogP contribution >= 0.6 is 11.3 Å². The van der Waals surface area contributed by atoms with Gasteiger partial charge in [-0.3, -0.25) is 0 Å². The minimum absolute atomic E-state index is 0.346. The van der Waals surface area contributed by atoms with Gasteiger partial charge in [0.25, 0.3) is 0 Å². The molecule has 1 aromatic carbocycles. The quantitative estimate of drug-likeness (QED) is 0.788. The molecule has 3 aromatic rings. The van der Waals surface area contributed by atoms with Crippen LogP contribution in [0.25, 0.3) is 10.2 Å². The van der Waals surface area contributed by atoms with E-state index in [1.807, 2.05) is 24.3 Å². The molecule has 0 radical (unpaired) electrons. The number of anilines is 2. The predicted molar refractivity (Wildman–Crippen MR) is 89.9 cm³/mol. The fourth-order valence-corrected chi connectivity index (χ4v) is 3.75. The number of aromatic hydroxyl groups is 1. The summed E-state index contributed by atoms with van der Waals surface area (Å²) in [5, 5.41) is 12.0. The van der Waals surface area contributed by atoms with E-state index in [0.717, 1.165) is 47.9 Å². The van der Waals surface area contributed by atoms with Gasteiger partial charge < -0.3 is 14.9 Å². The van der Waals surface area contributed by atoms with Crippen molar-refractivity contribution in [3.8, 4) is 5.75 Å². The zero-order valence-electron chi connectivity index (χ0n) is 12.0. The third-order valence-corrected chi connectivity index (χ3v) is 4.93. The highest BCUT2D eigenvalue weighted by Gasteiger charge is 2.21. The summed E-state index contributed by atoms with van der Waals surface area (Å²) >= 11 is 1.69. The molecule has 4 rings (SSSR count). The smallest absolute Gasteiger partial charge is 0.150 e. The predicted octanol–water partition coefficient (Wildman–Crippen LogP) is 2.72. The number of aromatic nitrogens is 2. The molecular weight excluding hydrogens is 296 g/mol. The van der Waals surface area contributed by atoms with Gasteiger partial charge in [-0.1, -0.05) is 12.1 Å². The molecule has 112 valence electrons. The van der Waals surface area contributed by atoms with Gasteiger partial charge in [0.15, 0.2) is 0 Å². The monoisotopic (exact) mass is 312 g/mol. The third kappa shape index (κ3) is 2.25. The number of rotatable bonds is 2. The molecule has 5 nitrogen and oxygen atoms in total. The van der Waals surface area contributed by atoms with Crippen molar-refractivity contribution < 1.29 is 5.11 Å². The molecule has 0 bridgehead atoms. The maximum atomic E-state index is 9.99. The second-order valence-corrected chi connectivity index (χ2v) is 6.21. The molecule has 0 atom stereocenters. The lowest BCUT2D eigenvalue weighted by molar-refractivity contribution is 0.472. The number of thiophene rings is 1. The van der Waals surface area contributed by atoms with E-state index in [1.54, 1.807) is 23.7 Å². The zero-order chi connectivity index (χ0) is 14.9. The van der Waals surface area contributed by atoms with Crippen molar-refractivity contribution in [2.45, 2.75) is 0 Å². The summed E-state index contributed by atoms with van der Waals surface area (Å²) in [5.74, 6) is 1.37. The van der Waals surface area contributed by atoms with Crippen LogP contribution in [-0.4, -0.2) is 41.3 Å². The number of para-hydroxylation sites is 2. The van der Waals surface area contributed by atoms with E-state index < -0.39 is 0 Å². The molecule has 1 aliphatic heterocycles. The topological polar surface area (TPSA) is 52.5 Å². The van der Waals surface area contributed by atoms with E-state index >= 15 is 0 Å². The van der Waals surface area contributed by atoms with Gasteiger partial charge >= 0.3 is 0 Å². The van der Waals surface area contributed by atoms with Crippen molar-refractivity contribution in [1.29, 1.82) is 0 Å². The van der Waals surface area contributed by atoms with Gasteiger partial charge in [0.1, 0.15) is 17.9 Å². The Morgan fingerprint density at radius 1 is 0.955 bits per heavy atom. The van der Waals surface area contributed by atoms with Gasteiger partial charge in [0.2, 0.25) is 0 Å². The molecule has 1 fully saturated rings. The SMILES string of the molecule is Oc1ccccc1N1CCN(c2ncnc3ccsc23)CC1. The van der Waals surface area contributed by atoms with Crippen molar-refractivity contribution in [3.63, 3.8) is 0 Å². The number of phenolic OH excluding ortho intramolecular Hbond substituents is 1. The number of phenols is 1. The molecule has 0 saturated carbocycles. The van der Waals surface area contributed by atoms with Crippen LogP contribution < -0.4 is 9.80 Å². The van der Waals surface area contributed by atoms with Gasteiger partial charge in [-0.2, -0.15) is 0 Å². The first-order chi connectivity index (χ1) is 10.8. The summed E-state index contributed by atoms with van der Waals surface area (Å²) in [6.45, 7) is 3.51. The highest BCUT2D eigenvalue weighted by Crippen LogP contribution is 2.31. The number of piperazine rings is 1. The maximum Gasteiger partial charge on any atom is 0.150 e. The highest BCUT2D eigenvalue weighted by atomic mass is 32.1. The first-order valence-corrected chi connectivity index (χ1v) is 8.17. The van der Waals surface area contributed by atoms with E-state index in [4.69, 9.17) is 0 Å². The van der Waals surface area contributed by atoms with Crippen LogP contribution in [0, 0.1) is 0 Å². The minimum Gasteiger partial charge on any atom is -0.506 e. The van der Waals surface area contributed by atoms with Crippen molar-refractivity contribution in [2.75, 3.05) is 36.0 Å². The number of fused-ring (bicyclic) bond motifs is 1. The van der Waals surface area contributed by atoms with E-state index in [0.29, 0.717) is 5.75 Å². The van der Waals surface area contributed by atoms with Crippen LogP contribution in [0.5, 0.6) is 5.75 Å². The van der Waals surface area contributed by atoms with Gasteiger partial charge in [-0.05, 0) is 23.6 Å². The Bertz CT molecular complexity index is 795.